The van der Waals surface area contributed by atoms with Crippen molar-refractivity contribution in [1.82, 2.24) is 0 Å². The van der Waals surface area contributed by atoms with Crippen molar-refractivity contribution in [2.75, 3.05) is 0 Å². The smallest absolute Gasteiger partial charge is 0.307 e. The lowest BCUT2D eigenvalue weighted by Crippen LogP contribution is -2.00. The van der Waals surface area contributed by atoms with Gasteiger partial charge >= 0.3 is 5.97 Å². The lowest BCUT2D eigenvalue weighted by Gasteiger charge is -2.03. The molecule has 0 bridgehead atoms. The van der Waals surface area contributed by atoms with Crippen LogP contribution >= 0.6 is 11.3 Å². The zero-order valence-electron chi connectivity index (χ0n) is 8.77. The van der Waals surface area contributed by atoms with Crippen LogP contribution in [0.5, 0.6) is 0 Å². The van der Waals surface area contributed by atoms with Crippen LogP contribution in [-0.4, -0.2) is 11.1 Å². The zero-order chi connectivity index (χ0) is 11.1. The molecule has 1 aromatic heterocycles. The number of thiophene rings is 1. The van der Waals surface area contributed by atoms with E-state index in [9.17, 15) is 4.79 Å². The van der Waals surface area contributed by atoms with Gasteiger partial charge in [-0.1, -0.05) is 12.1 Å². The van der Waals surface area contributed by atoms with Crippen LogP contribution in [0, 0.1) is 0 Å². The molecule has 1 saturated carbocycles. The van der Waals surface area contributed by atoms with E-state index < -0.39 is 5.97 Å². The first-order chi connectivity index (χ1) is 7.75. The minimum Gasteiger partial charge on any atom is -0.481 e. The van der Waals surface area contributed by atoms with E-state index in [1.54, 1.807) is 11.3 Å². The first kappa shape index (κ1) is 9.85. The molecule has 1 heterocycles. The van der Waals surface area contributed by atoms with Crippen LogP contribution in [0.3, 0.4) is 0 Å². The summed E-state index contributed by atoms with van der Waals surface area (Å²) in [5.74, 6) is -0.0656. The quantitative estimate of drug-likeness (QED) is 0.880. The fourth-order valence-electron chi connectivity index (χ4n) is 2.19. The fourth-order valence-corrected chi connectivity index (χ4v) is 3.28. The Morgan fingerprint density at radius 1 is 1.44 bits per heavy atom. The van der Waals surface area contributed by atoms with Gasteiger partial charge in [0.1, 0.15) is 0 Å². The largest absolute Gasteiger partial charge is 0.481 e. The summed E-state index contributed by atoms with van der Waals surface area (Å²) < 4.78 is 1.22. The van der Waals surface area contributed by atoms with Crippen LogP contribution in [-0.2, 0) is 11.2 Å². The predicted molar refractivity (Wildman–Crippen MR) is 65.1 cm³/mol. The summed E-state index contributed by atoms with van der Waals surface area (Å²) >= 11 is 1.73. The van der Waals surface area contributed by atoms with E-state index in [1.807, 2.05) is 12.1 Å². The van der Waals surface area contributed by atoms with Crippen molar-refractivity contribution in [3.05, 3.63) is 34.7 Å². The highest BCUT2D eigenvalue weighted by Gasteiger charge is 2.27. The standard InChI is InChI=1S/C13H12O2S/c14-12(15)6-9-2-1-3-11-13(9)10(7-16-11)8-4-5-8/h1-3,7-8H,4-6H2,(H,14,15). The van der Waals surface area contributed by atoms with Crippen LogP contribution in [0.2, 0.25) is 0 Å². The van der Waals surface area contributed by atoms with E-state index in [1.165, 1.54) is 28.5 Å². The van der Waals surface area contributed by atoms with Crippen molar-refractivity contribution in [1.29, 1.82) is 0 Å². The molecule has 3 rings (SSSR count). The molecule has 2 nitrogen and oxygen atoms in total. The second kappa shape index (κ2) is 3.59. The number of benzene rings is 1. The van der Waals surface area contributed by atoms with Gasteiger partial charge in [0.15, 0.2) is 0 Å². The molecule has 1 aliphatic carbocycles. The lowest BCUT2D eigenvalue weighted by molar-refractivity contribution is -0.136. The van der Waals surface area contributed by atoms with Crippen molar-refractivity contribution >= 4 is 27.4 Å². The molecule has 0 amide bonds. The van der Waals surface area contributed by atoms with E-state index in [2.05, 4.69) is 11.4 Å². The molecule has 1 N–H and O–H groups in total. The number of rotatable bonds is 3. The normalized spacial score (nSPS) is 15.5. The van der Waals surface area contributed by atoms with Crippen molar-refractivity contribution in [2.24, 2.45) is 0 Å². The van der Waals surface area contributed by atoms with Gasteiger partial charge in [-0.25, -0.2) is 0 Å². The highest BCUT2D eigenvalue weighted by atomic mass is 32.1. The van der Waals surface area contributed by atoms with E-state index in [0.29, 0.717) is 5.92 Å². The van der Waals surface area contributed by atoms with Gasteiger partial charge in [-0.2, -0.15) is 0 Å². The third kappa shape index (κ3) is 1.61. The van der Waals surface area contributed by atoms with Gasteiger partial charge in [0.2, 0.25) is 0 Å². The van der Waals surface area contributed by atoms with Crippen LogP contribution in [0.4, 0.5) is 0 Å². The maximum Gasteiger partial charge on any atom is 0.307 e. The van der Waals surface area contributed by atoms with Crippen LogP contribution in [0.15, 0.2) is 23.6 Å². The highest BCUT2D eigenvalue weighted by Crippen LogP contribution is 2.46. The Morgan fingerprint density at radius 2 is 2.25 bits per heavy atom. The Bertz CT molecular complexity index is 552. The Balaban J connectivity index is 2.17. The first-order valence-electron chi connectivity index (χ1n) is 5.46. The Morgan fingerprint density at radius 3 is 2.94 bits per heavy atom. The lowest BCUT2D eigenvalue weighted by atomic mass is 10.0. The van der Waals surface area contributed by atoms with Gasteiger partial charge in [-0.05, 0) is 46.7 Å². The van der Waals surface area contributed by atoms with E-state index in [0.717, 1.165) is 5.56 Å². The van der Waals surface area contributed by atoms with Gasteiger partial charge in [-0.15, -0.1) is 11.3 Å². The van der Waals surface area contributed by atoms with Gasteiger partial charge in [-0.3, -0.25) is 4.79 Å². The Hall–Kier alpha value is -1.35. The molecule has 2 aromatic rings. The van der Waals surface area contributed by atoms with Crippen LogP contribution in [0.25, 0.3) is 10.1 Å². The number of carboxylic acid groups (broad SMARTS) is 1. The Labute approximate surface area is 97.5 Å². The molecule has 3 heteroatoms. The third-order valence-corrected chi connectivity index (χ3v) is 4.04. The predicted octanol–water partition coefficient (Wildman–Crippen LogP) is 3.41. The van der Waals surface area contributed by atoms with Gasteiger partial charge in [0, 0.05) is 4.70 Å². The maximum atomic E-state index is 10.8. The summed E-state index contributed by atoms with van der Waals surface area (Å²) in [6.07, 6.45) is 2.65. The minimum absolute atomic E-state index is 0.133. The molecule has 16 heavy (non-hydrogen) atoms. The zero-order valence-corrected chi connectivity index (χ0v) is 9.59. The van der Waals surface area contributed by atoms with Gasteiger partial charge < -0.3 is 5.11 Å². The average Bonchev–Trinajstić information content (AvgIpc) is 2.98. The summed E-state index contributed by atoms with van der Waals surface area (Å²) in [4.78, 5) is 10.8. The number of hydrogen-bond acceptors (Lipinski definition) is 2. The highest BCUT2D eigenvalue weighted by molar-refractivity contribution is 7.17. The van der Waals surface area contributed by atoms with Crippen LogP contribution in [0.1, 0.15) is 29.9 Å². The van der Waals surface area contributed by atoms with Gasteiger partial charge in [0.05, 0.1) is 6.42 Å². The van der Waals surface area contributed by atoms with Crippen molar-refractivity contribution in [2.45, 2.75) is 25.2 Å². The molecule has 0 saturated heterocycles. The monoisotopic (exact) mass is 232 g/mol. The molecule has 1 aliphatic rings. The molecule has 1 fully saturated rings. The molecule has 1 aromatic carbocycles. The number of hydrogen-bond donors (Lipinski definition) is 1. The molecule has 0 unspecified atom stereocenters. The molecule has 0 radical (unpaired) electrons. The summed E-state index contributed by atoms with van der Waals surface area (Å²) in [5.41, 5.74) is 2.34. The number of carboxylic acids is 1. The average molecular weight is 232 g/mol. The molecule has 0 atom stereocenters. The number of fused-ring (bicyclic) bond motifs is 1. The summed E-state index contributed by atoms with van der Waals surface area (Å²) in [7, 11) is 0. The summed E-state index contributed by atoms with van der Waals surface area (Å²) in [6.45, 7) is 0. The minimum atomic E-state index is -0.750. The second-order valence-corrected chi connectivity index (χ2v) is 5.24. The molecule has 82 valence electrons. The maximum absolute atomic E-state index is 10.8. The van der Waals surface area contributed by atoms with E-state index in [4.69, 9.17) is 5.11 Å². The van der Waals surface area contributed by atoms with Crippen LogP contribution < -0.4 is 0 Å². The van der Waals surface area contributed by atoms with Crippen molar-refractivity contribution < 1.29 is 9.90 Å². The molecular weight excluding hydrogens is 220 g/mol. The molecule has 0 spiro atoms. The Kier molecular flexibility index (Phi) is 2.21. The number of aliphatic carboxylic acids is 1. The van der Waals surface area contributed by atoms with Crippen molar-refractivity contribution in [3.63, 3.8) is 0 Å². The summed E-state index contributed by atoms with van der Waals surface area (Å²) in [6, 6.07) is 5.97. The topological polar surface area (TPSA) is 37.3 Å². The van der Waals surface area contributed by atoms with Crippen molar-refractivity contribution in [3.8, 4) is 0 Å². The summed E-state index contributed by atoms with van der Waals surface area (Å²) in [5, 5.41) is 12.3. The fraction of sp³-hybridized carbons (Fsp3) is 0.308. The third-order valence-electron chi connectivity index (χ3n) is 3.07. The molecule has 0 aliphatic heterocycles. The second-order valence-electron chi connectivity index (χ2n) is 4.33. The first-order valence-corrected chi connectivity index (χ1v) is 6.34. The molecular formula is C13H12O2S. The van der Waals surface area contributed by atoms with Gasteiger partial charge in [0.25, 0.3) is 0 Å². The SMILES string of the molecule is O=C(O)Cc1cccc2scc(C3CC3)c12. The van der Waals surface area contributed by atoms with E-state index >= 15 is 0 Å². The van der Waals surface area contributed by atoms with E-state index in [-0.39, 0.29) is 6.42 Å². The number of carbonyl (C=O) groups is 1.